The summed E-state index contributed by atoms with van der Waals surface area (Å²) in [6.45, 7) is 1.59. The molecule has 1 atom stereocenters. The van der Waals surface area contributed by atoms with Gasteiger partial charge in [0.25, 0.3) is 5.91 Å². The summed E-state index contributed by atoms with van der Waals surface area (Å²) in [5.41, 5.74) is 1.34. The molecule has 3 rings (SSSR count). The van der Waals surface area contributed by atoms with Gasteiger partial charge in [0.15, 0.2) is 11.6 Å². The normalized spacial score (nSPS) is 11.8. The first-order valence-corrected chi connectivity index (χ1v) is 7.52. The number of nitrogens with one attached hydrogen (secondary N) is 2. The molecule has 0 unspecified atom stereocenters. The molecule has 0 fully saturated rings. The van der Waals surface area contributed by atoms with E-state index in [1.54, 1.807) is 38.2 Å². The Labute approximate surface area is 143 Å². The van der Waals surface area contributed by atoms with E-state index in [-0.39, 0.29) is 11.7 Å². The summed E-state index contributed by atoms with van der Waals surface area (Å²) in [5, 5.41) is 16.6. The van der Waals surface area contributed by atoms with E-state index in [0.29, 0.717) is 11.5 Å². The Morgan fingerprint density at radius 3 is 2.76 bits per heavy atom. The minimum atomic E-state index is -0.738. The minimum Gasteiger partial charge on any atom is -0.459 e. The molecule has 25 heavy (non-hydrogen) atoms. The van der Waals surface area contributed by atoms with Gasteiger partial charge in [-0.1, -0.05) is 12.1 Å². The summed E-state index contributed by atoms with van der Waals surface area (Å²) < 4.78 is 6.53. The van der Waals surface area contributed by atoms with Gasteiger partial charge in [0.05, 0.1) is 6.26 Å². The van der Waals surface area contributed by atoms with Gasteiger partial charge in [-0.05, 0) is 41.6 Å². The van der Waals surface area contributed by atoms with Crippen molar-refractivity contribution in [2.45, 2.75) is 13.0 Å². The number of aryl methyl sites for hydroxylation is 1. The lowest BCUT2D eigenvalue weighted by molar-refractivity contribution is -0.117. The van der Waals surface area contributed by atoms with Crippen LogP contribution in [-0.4, -0.2) is 38.1 Å². The van der Waals surface area contributed by atoms with E-state index in [2.05, 4.69) is 26.2 Å². The van der Waals surface area contributed by atoms with Crippen LogP contribution in [0.4, 0.5) is 5.69 Å². The van der Waals surface area contributed by atoms with Crippen molar-refractivity contribution in [1.82, 2.24) is 25.5 Å². The number of hydrogen-bond acceptors (Lipinski definition) is 6. The number of tetrazole rings is 1. The average Bonchev–Trinajstić information content (AvgIpc) is 3.26. The van der Waals surface area contributed by atoms with Crippen LogP contribution in [-0.2, 0) is 11.8 Å². The summed E-state index contributed by atoms with van der Waals surface area (Å²) in [4.78, 5) is 24.2. The second kappa shape index (κ2) is 6.95. The number of anilines is 1. The molecule has 0 spiro atoms. The summed E-state index contributed by atoms with van der Waals surface area (Å²) in [6, 6.07) is 9.51. The molecule has 0 aliphatic rings. The van der Waals surface area contributed by atoms with Gasteiger partial charge in [0.2, 0.25) is 5.91 Å². The van der Waals surface area contributed by atoms with Crippen LogP contribution in [0.2, 0.25) is 0 Å². The summed E-state index contributed by atoms with van der Waals surface area (Å²) in [7, 11) is 1.73. The van der Waals surface area contributed by atoms with Crippen molar-refractivity contribution in [3.8, 4) is 11.4 Å². The van der Waals surface area contributed by atoms with E-state index in [4.69, 9.17) is 4.42 Å². The van der Waals surface area contributed by atoms with Crippen LogP contribution < -0.4 is 10.6 Å². The molecule has 2 heterocycles. The van der Waals surface area contributed by atoms with E-state index < -0.39 is 11.9 Å². The fourth-order valence-corrected chi connectivity index (χ4v) is 2.20. The number of benzene rings is 1. The van der Waals surface area contributed by atoms with Crippen LogP contribution in [0.5, 0.6) is 0 Å². The summed E-state index contributed by atoms with van der Waals surface area (Å²) in [6.07, 6.45) is 1.40. The third kappa shape index (κ3) is 3.71. The summed E-state index contributed by atoms with van der Waals surface area (Å²) in [5.74, 6) is -0.0774. The maximum Gasteiger partial charge on any atom is 0.287 e. The van der Waals surface area contributed by atoms with Crippen molar-refractivity contribution in [3.05, 3.63) is 48.4 Å². The first kappa shape index (κ1) is 16.4. The molecule has 2 amide bonds. The molecule has 0 radical (unpaired) electrons. The molecule has 0 saturated carbocycles. The van der Waals surface area contributed by atoms with Crippen molar-refractivity contribution in [3.63, 3.8) is 0 Å². The highest BCUT2D eigenvalue weighted by Crippen LogP contribution is 2.19. The van der Waals surface area contributed by atoms with Crippen molar-refractivity contribution < 1.29 is 14.0 Å². The largest absolute Gasteiger partial charge is 0.459 e. The Balaban J connectivity index is 1.66. The number of nitrogens with zero attached hydrogens (tertiary/aromatic N) is 4. The Hall–Kier alpha value is -3.49. The minimum absolute atomic E-state index is 0.149. The fourth-order valence-electron chi connectivity index (χ4n) is 2.20. The Morgan fingerprint density at radius 2 is 2.08 bits per heavy atom. The molecule has 9 nitrogen and oxygen atoms in total. The van der Waals surface area contributed by atoms with Gasteiger partial charge in [-0.3, -0.25) is 9.59 Å². The zero-order chi connectivity index (χ0) is 17.8. The van der Waals surface area contributed by atoms with E-state index in [1.165, 1.54) is 17.0 Å². The SMILES string of the molecule is C[C@@H](NC(=O)c1ccco1)C(=O)Nc1cccc(-c2nnnn2C)c1. The molecule has 9 heteroatoms. The third-order valence-corrected chi connectivity index (χ3v) is 3.49. The van der Waals surface area contributed by atoms with Crippen LogP contribution in [0.1, 0.15) is 17.5 Å². The first-order valence-electron chi connectivity index (χ1n) is 7.52. The highest BCUT2D eigenvalue weighted by Gasteiger charge is 2.18. The zero-order valence-corrected chi connectivity index (χ0v) is 13.6. The highest BCUT2D eigenvalue weighted by atomic mass is 16.3. The average molecular weight is 340 g/mol. The highest BCUT2D eigenvalue weighted by molar-refractivity contribution is 6.00. The summed E-state index contributed by atoms with van der Waals surface area (Å²) >= 11 is 0. The molecule has 0 aliphatic heterocycles. The predicted molar refractivity (Wildman–Crippen MR) is 88.5 cm³/mol. The predicted octanol–water partition coefficient (Wildman–Crippen LogP) is 1.23. The third-order valence-electron chi connectivity index (χ3n) is 3.49. The second-order valence-electron chi connectivity index (χ2n) is 5.37. The number of carbonyl (C=O) groups is 2. The maximum atomic E-state index is 12.3. The number of furan rings is 1. The monoisotopic (exact) mass is 340 g/mol. The number of rotatable bonds is 5. The van der Waals surface area contributed by atoms with Crippen LogP contribution in [0.3, 0.4) is 0 Å². The molecular formula is C16H16N6O3. The molecule has 0 bridgehead atoms. The number of aromatic nitrogens is 4. The van der Waals surface area contributed by atoms with Crippen LogP contribution in [0.15, 0.2) is 47.1 Å². The van der Waals surface area contributed by atoms with E-state index in [1.807, 2.05) is 6.07 Å². The molecule has 1 aromatic carbocycles. The smallest absolute Gasteiger partial charge is 0.287 e. The second-order valence-corrected chi connectivity index (χ2v) is 5.37. The fraction of sp³-hybridized carbons (Fsp3) is 0.188. The van der Waals surface area contributed by atoms with Gasteiger partial charge in [0, 0.05) is 18.3 Å². The first-order chi connectivity index (χ1) is 12.0. The maximum absolute atomic E-state index is 12.3. The van der Waals surface area contributed by atoms with Gasteiger partial charge in [0.1, 0.15) is 6.04 Å². The quantitative estimate of drug-likeness (QED) is 0.722. The molecule has 2 aromatic heterocycles. The number of hydrogen-bond donors (Lipinski definition) is 2. The van der Waals surface area contributed by atoms with E-state index in [0.717, 1.165) is 5.56 Å². The van der Waals surface area contributed by atoms with Crippen LogP contribution in [0.25, 0.3) is 11.4 Å². The topological polar surface area (TPSA) is 115 Å². The number of carbonyl (C=O) groups excluding carboxylic acids is 2. The Morgan fingerprint density at radius 1 is 1.24 bits per heavy atom. The van der Waals surface area contributed by atoms with Gasteiger partial charge in [-0.2, -0.15) is 0 Å². The molecule has 2 N–H and O–H groups in total. The van der Waals surface area contributed by atoms with Crippen LogP contribution >= 0.6 is 0 Å². The van der Waals surface area contributed by atoms with Crippen molar-refractivity contribution >= 4 is 17.5 Å². The standard InChI is InChI=1S/C16H16N6O3/c1-10(17-16(24)13-7-4-8-25-13)15(23)18-12-6-3-5-11(9-12)14-19-20-21-22(14)2/h3-10H,1-2H3,(H,17,24)(H,18,23)/t10-/m1/s1. The lowest BCUT2D eigenvalue weighted by Crippen LogP contribution is -2.41. The number of amides is 2. The zero-order valence-electron chi connectivity index (χ0n) is 13.6. The lowest BCUT2D eigenvalue weighted by atomic mass is 10.2. The van der Waals surface area contributed by atoms with Crippen molar-refractivity contribution in [2.24, 2.45) is 7.05 Å². The van der Waals surface area contributed by atoms with Gasteiger partial charge < -0.3 is 15.1 Å². The molecule has 128 valence electrons. The Bertz CT molecular complexity index is 887. The van der Waals surface area contributed by atoms with E-state index in [9.17, 15) is 9.59 Å². The molecular weight excluding hydrogens is 324 g/mol. The van der Waals surface area contributed by atoms with Gasteiger partial charge in [-0.25, -0.2) is 4.68 Å². The molecule has 0 saturated heterocycles. The van der Waals surface area contributed by atoms with Gasteiger partial charge in [-0.15, -0.1) is 5.10 Å². The van der Waals surface area contributed by atoms with Crippen molar-refractivity contribution in [2.75, 3.05) is 5.32 Å². The van der Waals surface area contributed by atoms with E-state index >= 15 is 0 Å². The molecule has 3 aromatic rings. The molecule has 0 aliphatic carbocycles. The lowest BCUT2D eigenvalue weighted by Gasteiger charge is -2.13. The van der Waals surface area contributed by atoms with Crippen LogP contribution in [0, 0.1) is 0 Å². The van der Waals surface area contributed by atoms with Crippen molar-refractivity contribution in [1.29, 1.82) is 0 Å². The van der Waals surface area contributed by atoms with Gasteiger partial charge >= 0.3 is 0 Å². The Kier molecular flexibility index (Phi) is 4.55.